The van der Waals surface area contributed by atoms with Crippen molar-refractivity contribution in [2.75, 3.05) is 19.7 Å². The molecule has 0 saturated carbocycles. The van der Waals surface area contributed by atoms with Gasteiger partial charge in [-0.05, 0) is 37.6 Å². The maximum Gasteiger partial charge on any atom is 0.119 e. The Morgan fingerprint density at radius 1 is 1.45 bits per heavy atom. The van der Waals surface area contributed by atoms with Crippen molar-refractivity contribution >= 4 is 0 Å². The Morgan fingerprint density at radius 2 is 2.40 bits per heavy atom. The number of aromatic nitrogens is 2. The number of imidazole rings is 1. The van der Waals surface area contributed by atoms with Gasteiger partial charge in [0.05, 0.1) is 12.9 Å². The number of hydrogen-bond donors (Lipinski definition) is 1. The van der Waals surface area contributed by atoms with Gasteiger partial charge in [0.25, 0.3) is 0 Å². The molecule has 2 heterocycles. The quantitative estimate of drug-likeness (QED) is 0.907. The van der Waals surface area contributed by atoms with Crippen LogP contribution >= 0.6 is 0 Å². The number of nitrogens with zero attached hydrogens (tertiary/aromatic N) is 2. The van der Waals surface area contributed by atoms with Gasteiger partial charge in [-0.1, -0.05) is 12.1 Å². The summed E-state index contributed by atoms with van der Waals surface area (Å²) in [4.78, 5) is 4.29. The summed E-state index contributed by atoms with van der Waals surface area (Å²) in [5.41, 5.74) is 2.55. The molecule has 20 heavy (non-hydrogen) atoms. The first-order valence-corrected chi connectivity index (χ1v) is 7.23. The maximum atomic E-state index is 5.81. The average Bonchev–Trinajstić information content (AvgIpc) is 3.09. The van der Waals surface area contributed by atoms with Crippen LogP contribution < -0.4 is 10.1 Å². The van der Waals surface area contributed by atoms with E-state index in [9.17, 15) is 0 Å². The Hall–Kier alpha value is -1.81. The smallest absolute Gasteiger partial charge is 0.119 e. The van der Waals surface area contributed by atoms with Crippen LogP contribution in [0.1, 0.15) is 23.6 Å². The minimum atomic E-state index is 0.594. The molecular weight excluding hydrogens is 250 g/mol. The molecule has 1 atom stereocenters. The zero-order valence-corrected chi connectivity index (χ0v) is 11.9. The van der Waals surface area contributed by atoms with Crippen molar-refractivity contribution in [3.8, 4) is 5.75 Å². The van der Waals surface area contributed by atoms with Gasteiger partial charge in [-0.25, -0.2) is 4.98 Å². The Balaban J connectivity index is 1.57. The zero-order chi connectivity index (χ0) is 13.8. The summed E-state index contributed by atoms with van der Waals surface area (Å²) in [5.74, 6) is 1.53. The lowest BCUT2D eigenvalue weighted by Crippen LogP contribution is -2.14. The van der Waals surface area contributed by atoms with Crippen LogP contribution in [0.4, 0.5) is 0 Å². The van der Waals surface area contributed by atoms with E-state index in [1.54, 1.807) is 0 Å². The van der Waals surface area contributed by atoms with E-state index in [0.717, 1.165) is 25.4 Å². The van der Waals surface area contributed by atoms with E-state index < -0.39 is 0 Å². The molecule has 1 N–H and O–H groups in total. The summed E-state index contributed by atoms with van der Waals surface area (Å²) in [6.07, 6.45) is 5.10. The minimum absolute atomic E-state index is 0.594. The van der Waals surface area contributed by atoms with Crippen LogP contribution in [-0.4, -0.2) is 29.2 Å². The molecule has 2 aromatic rings. The van der Waals surface area contributed by atoms with Crippen molar-refractivity contribution in [1.29, 1.82) is 0 Å². The number of hydrogen-bond acceptors (Lipinski definition) is 3. The van der Waals surface area contributed by atoms with E-state index in [1.807, 2.05) is 24.7 Å². The lowest BCUT2D eigenvalue weighted by molar-refractivity contribution is 0.295. The number of benzene rings is 1. The van der Waals surface area contributed by atoms with Crippen LogP contribution in [0.2, 0.25) is 0 Å². The Morgan fingerprint density at radius 3 is 3.20 bits per heavy atom. The Labute approximate surface area is 119 Å². The van der Waals surface area contributed by atoms with Gasteiger partial charge in [0.15, 0.2) is 0 Å². The summed E-state index contributed by atoms with van der Waals surface area (Å²) >= 11 is 0. The van der Waals surface area contributed by atoms with Crippen molar-refractivity contribution in [3.05, 3.63) is 48.0 Å². The topological polar surface area (TPSA) is 39.1 Å². The second-order valence-corrected chi connectivity index (χ2v) is 5.37. The van der Waals surface area contributed by atoms with E-state index >= 15 is 0 Å². The molecule has 1 fully saturated rings. The van der Waals surface area contributed by atoms with Crippen LogP contribution in [0.15, 0.2) is 36.8 Å². The van der Waals surface area contributed by atoms with Gasteiger partial charge >= 0.3 is 0 Å². The molecule has 1 aliphatic rings. The van der Waals surface area contributed by atoms with Crippen molar-refractivity contribution in [2.45, 2.75) is 25.8 Å². The van der Waals surface area contributed by atoms with Crippen molar-refractivity contribution < 1.29 is 4.74 Å². The number of nitrogens with one attached hydrogen (secondary N) is 1. The predicted octanol–water partition coefficient (Wildman–Crippen LogP) is 2.35. The SMILES string of the molecule is Cc1cccc(OCCn2cncc2C2CCNC2)c1. The molecule has 3 rings (SSSR count). The third-order valence-corrected chi connectivity index (χ3v) is 3.81. The lowest BCUT2D eigenvalue weighted by atomic mass is 10.1. The summed E-state index contributed by atoms with van der Waals surface area (Å²) < 4.78 is 8.03. The van der Waals surface area contributed by atoms with Crippen molar-refractivity contribution in [3.63, 3.8) is 0 Å². The fourth-order valence-corrected chi connectivity index (χ4v) is 2.73. The van der Waals surface area contributed by atoms with Gasteiger partial charge in [-0.2, -0.15) is 0 Å². The molecule has 0 radical (unpaired) electrons. The monoisotopic (exact) mass is 271 g/mol. The Bertz CT molecular complexity index is 558. The van der Waals surface area contributed by atoms with Gasteiger partial charge in [0, 0.05) is 24.4 Å². The van der Waals surface area contributed by atoms with Crippen molar-refractivity contribution in [2.24, 2.45) is 0 Å². The summed E-state index contributed by atoms with van der Waals surface area (Å²) in [6, 6.07) is 8.17. The highest BCUT2D eigenvalue weighted by molar-refractivity contribution is 5.27. The van der Waals surface area contributed by atoms with Crippen LogP contribution in [-0.2, 0) is 6.54 Å². The van der Waals surface area contributed by atoms with Crippen molar-refractivity contribution in [1.82, 2.24) is 14.9 Å². The van der Waals surface area contributed by atoms with Gasteiger partial charge in [0.2, 0.25) is 0 Å². The molecule has 0 bridgehead atoms. The molecule has 1 unspecified atom stereocenters. The fourth-order valence-electron chi connectivity index (χ4n) is 2.73. The highest BCUT2D eigenvalue weighted by Gasteiger charge is 2.19. The molecule has 4 heteroatoms. The first kappa shape index (κ1) is 13.2. The van der Waals surface area contributed by atoms with Gasteiger partial charge in [-0.15, -0.1) is 0 Å². The van der Waals surface area contributed by atoms with Gasteiger partial charge in [-0.3, -0.25) is 0 Å². The van der Waals surface area contributed by atoms with E-state index in [0.29, 0.717) is 12.5 Å². The molecule has 1 saturated heterocycles. The molecule has 4 nitrogen and oxygen atoms in total. The first-order chi connectivity index (χ1) is 9.83. The van der Waals surface area contributed by atoms with E-state index in [4.69, 9.17) is 4.74 Å². The van der Waals surface area contributed by atoms with Crippen LogP contribution in [0.25, 0.3) is 0 Å². The minimum Gasteiger partial charge on any atom is -0.492 e. The molecule has 1 aromatic heterocycles. The molecule has 0 aliphatic carbocycles. The second-order valence-electron chi connectivity index (χ2n) is 5.37. The number of aryl methyl sites for hydroxylation is 1. The average molecular weight is 271 g/mol. The second kappa shape index (κ2) is 6.09. The molecule has 0 amide bonds. The highest BCUT2D eigenvalue weighted by atomic mass is 16.5. The summed E-state index contributed by atoms with van der Waals surface area (Å²) in [5, 5.41) is 3.40. The van der Waals surface area contributed by atoms with E-state index in [-0.39, 0.29) is 0 Å². The van der Waals surface area contributed by atoms with Gasteiger partial charge < -0.3 is 14.6 Å². The molecule has 106 valence electrons. The van der Waals surface area contributed by atoms with Crippen LogP contribution in [0, 0.1) is 6.92 Å². The summed E-state index contributed by atoms with van der Waals surface area (Å²) in [6.45, 7) is 5.76. The molecule has 1 aromatic carbocycles. The van der Waals surface area contributed by atoms with Crippen LogP contribution in [0.5, 0.6) is 5.75 Å². The largest absolute Gasteiger partial charge is 0.492 e. The normalized spacial score (nSPS) is 18.4. The highest BCUT2D eigenvalue weighted by Crippen LogP contribution is 2.21. The molecule has 0 spiro atoms. The lowest BCUT2D eigenvalue weighted by Gasteiger charge is -2.13. The predicted molar refractivity (Wildman–Crippen MR) is 79.1 cm³/mol. The zero-order valence-electron chi connectivity index (χ0n) is 11.9. The van der Waals surface area contributed by atoms with E-state index in [1.165, 1.54) is 17.7 Å². The standard InChI is InChI=1S/C16H21N3O/c1-13-3-2-4-15(9-13)20-8-7-19-12-18-11-16(19)14-5-6-17-10-14/h2-4,9,11-12,14,17H,5-8,10H2,1H3. The summed E-state index contributed by atoms with van der Waals surface area (Å²) in [7, 11) is 0. The first-order valence-electron chi connectivity index (χ1n) is 7.23. The molecule has 1 aliphatic heterocycles. The number of ether oxygens (including phenoxy) is 1. The number of rotatable bonds is 5. The molecular formula is C16H21N3O. The van der Waals surface area contributed by atoms with Gasteiger partial charge in [0.1, 0.15) is 12.4 Å². The fraction of sp³-hybridized carbons (Fsp3) is 0.438. The maximum absolute atomic E-state index is 5.81. The Kier molecular flexibility index (Phi) is 4.02. The third-order valence-electron chi connectivity index (χ3n) is 3.81. The third kappa shape index (κ3) is 3.02. The van der Waals surface area contributed by atoms with Crippen LogP contribution in [0.3, 0.4) is 0 Å². The van der Waals surface area contributed by atoms with E-state index in [2.05, 4.69) is 33.9 Å².